The van der Waals surface area contributed by atoms with Crippen molar-refractivity contribution in [1.29, 1.82) is 0 Å². The summed E-state index contributed by atoms with van der Waals surface area (Å²) < 4.78 is 22.8. The molecule has 1 heterocycles. The van der Waals surface area contributed by atoms with Crippen molar-refractivity contribution in [1.82, 2.24) is 10.3 Å². The van der Waals surface area contributed by atoms with Gasteiger partial charge in [-0.25, -0.2) is 13.4 Å². The van der Waals surface area contributed by atoms with Crippen LogP contribution in [0.5, 0.6) is 0 Å². The summed E-state index contributed by atoms with van der Waals surface area (Å²) in [6.07, 6.45) is 2.14. The molecule has 1 rings (SSSR count). The molecule has 0 atom stereocenters. The molecule has 0 saturated heterocycles. The first-order chi connectivity index (χ1) is 8.96. The monoisotopic (exact) mass is 318 g/mol. The van der Waals surface area contributed by atoms with E-state index in [9.17, 15) is 8.42 Å². The lowest BCUT2D eigenvalue weighted by molar-refractivity contribution is 0.425. The van der Waals surface area contributed by atoms with Gasteiger partial charge in [0.2, 0.25) is 0 Å². The van der Waals surface area contributed by atoms with Gasteiger partial charge in [-0.3, -0.25) is 0 Å². The fraction of sp³-hybridized carbons (Fsp3) is 0.786. The van der Waals surface area contributed by atoms with Gasteiger partial charge in [0.15, 0.2) is 9.84 Å². The lowest BCUT2D eigenvalue weighted by atomic mass is 10.1. The SMILES string of the molecule is CC(C)Cc1nc(CS(C)(=O)=O)sc1CNC(C)(C)C. The Morgan fingerprint density at radius 1 is 1.30 bits per heavy atom. The highest BCUT2D eigenvalue weighted by molar-refractivity contribution is 7.90. The molecule has 1 N–H and O–H groups in total. The Kier molecular flexibility index (Phi) is 5.75. The molecule has 0 radical (unpaired) electrons. The van der Waals surface area contributed by atoms with Crippen molar-refractivity contribution in [2.24, 2.45) is 5.92 Å². The number of thiazole rings is 1. The van der Waals surface area contributed by atoms with Crippen LogP contribution in [0.1, 0.15) is 50.2 Å². The average Bonchev–Trinajstić information content (AvgIpc) is 2.52. The van der Waals surface area contributed by atoms with Crippen LogP contribution in [-0.2, 0) is 28.6 Å². The standard InChI is InChI=1S/C14H26N2O2S2/c1-10(2)7-11-12(8-15-14(3,4)5)19-13(16-11)9-20(6,17)18/h10,15H,7-9H2,1-6H3. The van der Waals surface area contributed by atoms with Crippen LogP contribution in [0.2, 0.25) is 0 Å². The van der Waals surface area contributed by atoms with Gasteiger partial charge in [-0.15, -0.1) is 11.3 Å². The lowest BCUT2D eigenvalue weighted by Crippen LogP contribution is -2.35. The van der Waals surface area contributed by atoms with Crippen molar-refractivity contribution in [2.75, 3.05) is 6.26 Å². The van der Waals surface area contributed by atoms with Crippen molar-refractivity contribution < 1.29 is 8.42 Å². The predicted molar refractivity (Wildman–Crippen MR) is 85.8 cm³/mol. The second-order valence-electron chi connectivity index (χ2n) is 6.75. The van der Waals surface area contributed by atoms with Crippen LogP contribution >= 0.6 is 11.3 Å². The molecule has 0 amide bonds. The Labute approximate surface area is 126 Å². The minimum absolute atomic E-state index is 0.0378. The zero-order valence-electron chi connectivity index (χ0n) is 13.3. The Hall–Kier alpha value is -0.460. The van der Waals surface area contributed by atoms with Crippen LogP contribution in [0, 0.1) is 5.92 Å². The normalized spacial score (nSPS) is 13.2. The number of sulfone groups is 1. The van der Waals surface area contributed by atoms with Gasteiger partial charge in [0.05, 0.1) is 5.69 Å². The van der Waals surface area contributed by atoms with Gasteiger partial charge in [0, 0.05) is 23.2 Å². The molecule has 0 aliphatic carbocycles. The molecule has 1 aromatic rings. The molecule has 6 heteroatoms. The second-order valence-corrected chi connectivity index (χ2v) is 10.1. The van der Waals surface area contributed by atoms with E-state index in [1.165, 1.54) is 17.6 Å². The third-order valence-corrected chi connectivity index (χ3v) is 4.67. The van der Waals surface area contributed by atoms with Crippen molar-refractivity contribution in [3.8, 4) is 0 Å². The van der Waals surface area contributed by atoms with Crippen molar-refractivity contribution in [3.05, 3.63) is 15.6 Å². The molecule has 20 heavy (non-hydrogen) atoms. The summed E-state index contributed by atoms with van der Waals surface area (Å²) in [5, 5.41) is 4.15. The van der Waals surface area contributed by atoms with E-state index in [0.29, 0.717) is 10.9 Å². The van der Waals surface area contributed by atoms with Crippen LogP contribution in [0.4, 0.5) is 0 Å². The van der Waals surface area contributed by atoms with E-state index in [-0.39, 0.29) is 11.3 Å². The summed E-state index contributed by atoms with van der Waals surface area (Å²) in [5.41, 5.74) is 1.08. The molecule has 116 valence electrons. The molecular formula is C14H26N2O2S2. The maximum absolute atomic E-state index is 11.4. The van der Waals surface area contributed by atoms with E-state index in [2.05, 4.69) is 44.9 Å². The van der Waals surface area contributed by atoms with E-state index < -0.39 is 9.84 Å². The molecule has 0 aromatic carbocycles. The topological polar surface area (TPSA) is 59.1 Å². The zero-order chi connectivity index (χ0) is 15.6. The highest BCUT2D eigenvalue weighted by atomic mass is 32.2. The third kappa shape index (κ3) is 6.81. The smallest absolute Gasteiger partial charge is 0.153 e. The van der Waals surface area contributed by atoms with Crippen LogP contribution in [-0.4, -0.2) is 25.2 Å². The maximum atomic E-state index is 11.4. The Morgan fingerprint density at radius 3 is 2.35 bits per heavy atom. The number of nitrogens with zero attached hydrogens (tertiary/aromatic N) is 1. The zero-order valence-corrected chi connectivity index (χ0v) is 14.9. The molecule has 4 nitrogen and oxygen atoms in total. The Morgan fingerprint density at radius 2 is 1.90 bits per heavy atom. The summed E-state index contributed by atoms with van der Waals surface area (Å²) in [7, 11) is -3.02. The minimum Gasteiger partial charge on any atom is -0.307 e. The largest absolute Gasteiger partial charge is 0.307 e. The first kappa shape index (κ1) is 17.6. The van der Waals surface area contributed by atoms with Crippen LogP contribution < -0.4 is 5.32 Å². The van der Waals surface area contributed by atoms with Gasteiger partial charge in [-0.2, -0.15) is 0 Å². The van der Waals surface area contributed by atoms with Gasteiger partial charge in [-0.1, -0.05) is 13.8 Å². The first-order valence-electron chi connectivity index (χ1n) is 6.86. The van der Waals surface area contributed by atoms with E-state index in [1.807, 2.05) is 0 Å². The van der Waals surface area contributed by atoms with Crippen LogP contribution in [0.3, 0.4) is 0 Å². The quantitative estimate of drug-likeness (QED) is 0.876. The Balaban J connectivity index is 2.94. The van der Waals surface area contributed by atoms with Gasteiger partial charge in [0.25, 0.3) is 0 Å². The number of nitrogens with one attached hydrogen (secondary N) is 1. The molecule has 1 aromatic heterocycles. The highest BCUT2D eigenvalue weighted by Crippen LogP contribution is 2.23. The fourth-order valence-corrected chi connectivity index (χ4v) is 3.98. The molecular weight excluding hydrogens is 292 g/mol. The van der Waals surface area contributed by atoms with Crippen molar-refractivity contribution >= 4 is 21.2 Å². The van der Waals surface area contributed by atoms with E-state index >= 15 is 0 Å². The van der Waals surface area contributed by atoms with Gasteiger partial charge < -0.3 is 5.32 Å². The van der Waals surface area contributed by atoms with Crippen molar-refractivity contribution in [3.63, 3.8) is 0 Å². The molecule has 0 bridgehead atoms. The lowest BCUT2D eigenvalue weighted by Gasteiger charge is -2.20. The van der Waals surface area contributed by atoms with Gasteiger partial charge in [0.1, 0.15) is 10.8 Å². The summed E-state index contributed by atoms with van der Waals surface area (Å²) in [6.45, 7) is 11.4. The summed E-state index contributed by atoms with van der Waals surface area (Å²) in [4.78, 5) is 5.70. The molecule has 0 unspecified atom stereocenters. The molecule has 0 aliphatic heterocycles. The van der Waals surface area contributed by atoms with Gasteiger partial charge >= 0.3 is 0 Å². The number of aromatic nitrogens is 1. The second kappa shape index (κ2) is 6.54. The number of hydrogen-bond acceptors (Lipinski definition) is 5. The Bertz CT molecular complexity index is 540. The van der Waals surface area contributed by atoms with Crippen molar-refractivity contribution in [2.45, 2.75) is 58.9 Å². The average molecular weight is 319 g/mol. The summed E-state index contributed by atoms with van der Waals surface area (Å²) in [6, 6.07) is 0. The van der Waals surface area contributed by atoms with Crippen LogP contribution in [0.15, 0.2) is 0 Å². The highest BCUT2D eigenvalue weighted by Gasteiger charge is 2.17. The molecule has 0 saturated carbocycles. The summed E-state index contributed by atoms with van der Waals surface area (Å²) >= 11 is 1.52. The fourth-order valence-electron chi connectivity index (χ4n) is 1.75. The number of hydrogen-bond donors (Lipinski definition) is 1. The van der Waals surface area contributed by atoms with E-state index in [0.717, 1.165) is 23.5 Å². The predicted octanol–water partition coefficient (Wildman–Crippen LogP) is 2.77. The molecule has 0 fully saturated rings. The number of rotatable bonds is 6. The maximum Gasteiger partial charge on any atom is 0.153 e. The van der Waals surface area contributed by atoms with Crippen LogP contribution in [0.25, 0.3) is 0 Å². The first-order valence-corrected chi connectivity index (χ1v) is 9.74. The summed E-state index contributed by atoms with van der Waals surface area (Å²) in [5.74, 6) is 0.551. The minimum atomic E-state index is -3.02. The third-order valence-electron chi connectivity index (χ3n) is 2.59. The van der Waals surface area contributed by atoms with E-state index in [1.54, 1.807) is 0 Å². The molecule has 0 spiro atoms. The van der Waals surface area contributed by atoms with Gasteiger partial charge in [-0.05, 0) is 33.1 Å². The molecule has 0 aliphatic rings. The van der Waals surface area contributed by atoms with E-state index in [4.69, 9.17) is 0 Å².